The summed E-state index contributed by atoms with van der Waals surface area (Å²) in [7, 11) is 1.66. The van der Waals surface area contributed by atoms with E-state index in [0.717, 1.165) is 55.1 Å². The summed E-state index contributed by atoms with van der Waals surface area (Å²) in [5.41, 5.74) is 0.959. The third-order valence-corrected chi connectivity index (χ3v) is 4.59. The zero-order valence-electron chi connectivity index (χ0n) is 15.2. The monoisotopic (exact) mass is 362 g/mol. The topological polar surface area (TPSA) is 66.4 Å². The molecule has 1 fully saturated rings. The second-order valence-electron chi connectivity index (χ2n) is 6.28. The molecule has 3 aromatic rings. The van der Waals surface area contributed by atoms with E-state index in [0.29, 0.717) is 0 Å². The summed E-state index contributed by atoms with van der Waals surface area (Å²) < 4.78 is 5.19. The van der Waals surface area contributed by atoms with E-state index >= 15 is 0 Å². The summed E-state index contributed by atoms with van der Waals surface area (Å²) in [5.74, 6) is 3.57. The first-order valence-corrected chi connectivity index (χ1v) is 8.96. The summed E-state index contributed by atoms with van der Waals surface area (Å²) >= 11 is 0. The molecule has 0 saturated carbocycles. The van der Waals surface area contributed by atoms with Gasteiger partial charge in [-0.1, -0.05) is 6.07 Å². The molecule has 138 valence electrons. The first kappa shape index (κ1) is 17.1. The van der Waals surface area contributed by atoms with Crippen molar-refractivity contribution in [2.24, 2.45) is 0 Å². The van der Waals surface area contributed by atoms with Gasteiger partial charge in [0.05, 0.1) is 7.11 Å². The number of hydrogen-bond donors (Lipinski definition) is 1. The van der Waals surface area contributed by atoms with Gasteiger partial charge in [-0.2, -0.15) is 0 Å². The number of rotatable bonds is 5. The molecule has 0 spiro atoms. The Hall–Kier alpha value is -3.35. The van der Waals surface area contributed by atoms with Gasteiger partial charge in [0.1, 0.15) is 29.5 Å². The van der Waals surface area contributed by atoms with Crippen LogP contribution in [0.15, 0.2) is 61.1 Å². The van der Waals surface area contributed by atoms with E-state index in [1.165, 1.54) is 0 Å². The molecule has 0 aliphatic carbocycles. The largest absolute Gasteiger partial charge is 0.497 e. The van der Waals surface area contributed by atoms with E-state index in [1.54, 1.807) is 13.4 Å². The summed E-state index contributed by atoms with van der Waals surface area (Å²) in [6, 6.07) is 15.8. The first-order chi connectivity index (χ1) is 13.3. The summed E-state index contributed by atoms with van der Waals surface area (Å²) in [6.45, 7) is 3.63. The Morgan fingerprint density at radius 3 is 2.26 bits per heavy atom. The highest BCUT2D eigenvalue weighted by Crippen LogP contribution is 2.22. The van der Waals surface area contributed by atoms with Crippen LogP contribution in [-0.4, -0.2) is 48.2 Å². The Labute approximate surface area is 158 Å². The molecule has 1 aliphatic rings. The number of aromatic nitrogens is 3. The molecule has 7 nitrogen and oxygen atoms in total. The van der Waals surface area contributed by atoms with Crippen LogP contribution in [0.25, 0.3) is 0 Å². The molecule has 1 saturated heterocycles. The molecular formula is C20H22N6O. The van der Waals surface area contributed by atoms with Gasteiger partial charge in [0.25, 0.3) is 0 Å². The number of methoxy groups -OCH3 is 1. The minimum Gasteiger partial charge on any atom is -0.497 e. The smallest absolute Gasteiger partial charge is 0.135 e. The van der Waals surface area contributed by atoms with Gasteiger partial charge in [-0.05, 0) is 36.4 Å². The SMILES string of the molecule is COc1ccc(Nc2cc(N3CCN(c4ccccn4)CC3)ncn2)cc1. The number of benzene rings is 1. The lowest BCUT2D eigenvalue weighted by Crippen LogP contribution is -2.47. The Kier molecular flexibility index (Phi) is 5.00. The van der Waals surface area contributed by atoms with Gasteiger partial charge < -0.3 is 19.9 Å². The van der Waals surface area contributed by atoms with Crippen LogP contribution in [0.4, 0.5) is 23.1 Å². The van der Waals surface area contributed by atoms with Crippen LogP contribution in [-0.2, 0) is 0 Å². The van der Waals surface area contributed by atoms with Crippen molar-refractivity contribution in [3.63, 3.8) is 0 Å². The molecule has 7 heteroatoms. The van der Waals surface area contributed by atoms with Crippen LogP contribution >= 0.6 is 0 Å². The van der Waals surface area contributed by atoms with E-state index in [9.17, 15) is 0 Å². The van der Waals surface area contributed by atoms with Crippen molar-refractivity contribution >= 4 is 23.1 Å². The Bertz CT molecular complexity index is 863. The van der Waals surface area contributed by atoms with Crippen molar-refractivity contribution in [2.45, 2.75) is 0 Å². The molecule has 0 radical (unpaired) electrons. The molecule has 4 rings (SSSR count). The molecule has 0 atom stereocenters. The number of ether oxygens (including phenoxy) is 1. The average molecular weight is 362 g/mol. The van der Waals surface area contributed by atoms with Gasteiger partial charge >= 0.3 is 0 Å². The highest BCUT2D eigenvalue weighted by Gasteiger charge is 2.19. The van der Waals surface area contributed by atoms with Crippen molar-refractivity contribution in [3.05, 3.63) is 61.1 Å². The Morgan fingerprint density at radius 2 is 1.59 bits per heavy atom. The normalized spacial score (nSPS) is 14.1. The van der Waals surface area contributed by atoms with Crippen molar-refractivity contribution in [1.29, 1.82) is 0 Å². The first-order valence-electron chi connectivity index (χ1n) is 8.96. The molecule has 1 aromatic carbocycles. The van der Waals surface area contributed by atoms with Crippen molar-refractivity contribution in [2.75, 3.05) is 48.4 Å². The van der Waals surface area contributed by atoms with Crippen LogP contribution in [0.1, 0.15) is 0 Å². The van der Waals surface area contributed by atoms with Gasteiger partial charge in [-0.3, -0.25) is 0 Å². The second-order valence-corrected chi connectivity index (χ2v) is 6.28. The van der Waals surface area contributed by atoms with Crippen LogP contribution in [0.3, 0.4) is 0 Å². The minimum absolute atomic E-state index is 0.775. The molecular weight excluding hydrogens is 340 g/mol. The highest BCUT2D eigenvalue weighted by atomic mass is 16.5. The fourth-order valence-corrected chi connectivity index (χ4v) is 3.12. The van der Waals surface area contributed by atoms with E-state index in [1.807, 2.05) is 48.7 Å². The summed E-state index contributed by atoms with van der Waals surface area (Å²) in [6.07, 6.45) is 3.44. The van der Waals surface area contributed by atoms with Crippen LogP contribution < -0.4 is 19.9 Å². The van der Waals surface area contributed by atoms with Gasteiger partial charge in [0.2, 0.25) is 0 Å². The highest BCUT2D eigenvalue weighted by molar-refractivity contribution is 5.60. The molecule has 27 heavy (non-hydrogen) atoms. The second kappa shape index (κ2) is 7.90. The molecule has 1 N–H and O–H groups in total. The lowest BCUT2D eigenvalue weighted by molar-refractivity contribution is 0.415. The van der Waals surface area contributed by atoms with E-state index < -0.39 is 0 Å². The summed E-state index contributed by atoms with van der Waals surface area (Å²) in [4.78, 5) is 17.8. The zero-order chi connectivity index (χ0) is 18.5. The van der Waals surface area contributed by atoms with Gasteiger partial charge in [0, 0.05) is 44.1 Å². The van der Waals surface area contributed by atoms with Crippen molar-refractivity contribution < 1.29 is 4.74 Å². The number of anilines is 4. The molecule has 3 heterocycles. The minimum atomic E-state index is 0.775. The maximum Gasteiger partial charge on any atom is 0.135 e. The number of nitrogens with one attached hydrogen (secondary N) is 1. The van der Waals surface area contributed by atoms with Gasteiger partial charge in [0.15, 0.2) is 0 Å². The Balaban J connectivity index is 1.40. The lowest BCUT2D eigenvalue weighted by Gasteiger charge is -2.36. The average Bonchev–Trinajstić information content (AvgIpc) is 2.75. The number of piperazine rings is 1. The van der Waals surface area contributed by atoms with E-state index in [2.05, 4.69) is 36.1 Å². The van der Waals surface area contributed by atoms with Gasteiger partial charge in [-0.15, -0.1) is 0 Å². The molecule has 0 bridgehead atoms. The number of nitrogens with zero attached hydrogens (tertiary/aromatic N) is 5. The number of pyridine rings is 1. The maximum absolute atomic E-state index is 5.19. The lowest BCUT2D eigenvalue weighted by atomic mass is 10.3. The Morgan fingerprint density at radius 1 is 0.852 bits per heavy atom. The molecule has 2 aromatic heterocycles. The standard InChI is InChI=1S/C20H22N6O/c1-27-17-7-5-16(6-8-17)24-18-14-20(23-15-22-18)26-12-10-25(11-13-26)19-4-2-3-9-21-19/h2-9,14-15H,10-13H2,1H3,(H,22,23,24). The summed E-state index contributed by atoms with van der Waals surface area (Å²) in [5, 5.41) is 3.32. The maximum atomic E-state index is 5.19. The van der Waals surface area contributed by atoms with Crippen LogP contribution in [0.2, 0.25) is 0 Å². The van der Waals surface area contributed by atoms with Gasteiger partial charge in [-0.25, -0.2) is 15.0 Å². The predicted octanol–water partition coefficient (Wildman–Crippen LogP) is 2.95. The molecule has 0 amide bonds. The third kappa shape index (κ3) is 4.08. The number of hydrogen-bond acceptors (Lipinski definition) is 7. The van der Waals surface area contributed by atoms with E-state index in [4.69, 9.17) is 4.74 Å². The van der Waals surface area contributed by atoms with Crippen molar-refractivity contribution in [1.82, 2.24) is 15.0 Å². The third-order valence-electron chi connectivity index (χ3n) is 4.59. The van der Waals surface area contributed by atoms with E-state index in [-0.39, 0.29) is 0 Å². The zero-order valence-corrected chi connectivity index (χ0v) is 15.2. The fourth-order valence-electron chi connectivity index (χ4n) is 3.12. The van der Waals surface area contributed by atoms with Crippen molar-refractivity contribution in [3.8, 4) is 5.75 Å². The quantitative estimate of drug-likeness (QED) is 0.748. The predicted molar refractivity (Wildman–Crippen MR) is 107 cm³/mol. The molecule has 1 aliphatic heterocycles. The van der Waals surface area contributed by atoms with Crippen LogP contribution in [0, 0.1) is 0 Å². The fraction of sp³-hybridized carbons (Fsp3) is 0.250. The molecule has 0 unspecified atom stereocenters. The van der Waals surface area contributed by atoms with Crippen LogP contribution in [0.5, 0.6) is 5.75 Å².